The van der Waals surface area contributed by atoms with Crippen LogP contribution in [0, 0.1) is 6.92 Å². The molecule has 0 radical (unpaired) electrons. The summed E-state index contributed by atoms with van der Waals surface area (Å²) in [6.45, 7) is 2.21. The summed E-state index contributed by atoms with van der Waals surface area (Å²) in [5, 5.41) is 6.58. The Balaban J connectivity index is 1.93. The lowest BCUT2D eigenvalue weighted by Gasteiger charge is -2.10. The van der Waals surface area contributed by atoms with Gasteiger partial charge in [0.05, 0.1) is 11.3 Å². The minimum atomic E-state index is -4.42. The fraction of sp³-hybridized carbons (Fsp3) is 0.286. The highest BCUT2D eigenvalue weighted by Gasteiger charge is 2.30. The van der Waals surface area contributed by atoms with Crippen LogP contribution in [0.1, 0.15) is 17.7 Å². The molecular weight excluding hydrogens is 283 g/mol. The number of hydrogen-bond donors (Lipinski definition) is 1. The lowest BCUT2D eigenvalue weighted by molar-refractivity contribution is -0.137. The number of amides is 1. The van der Waals surface area contributed by atoms with Crippen LogP contribution in [0.15, 0.2) is 36.5 Å². The fourth-order valence-electron chi connectivity index (χ4n) is 1.80. The average Bonchev–Trinajstić information content (AvgIpc) is 2.82. The molecule has 0 aliphatic carbocycles. The lowest BCUT2D eigenvalue weighted by atomic mass is 10.2. The van der Waals surface area contributed by atoms with E-state index in [1.54, 1.807) is 10.9 Å². The van der Waals surface area contributed by atoms with Crippen molar-refractivity contribution in [3.8, 4) is 0 Å². The summed E-state index contributed by atoms with van der Waals surface area (Å²) in [7, 11) is 0. The molecule has 0 bridgehead atoms. The molecule has 0 aliphatic rings. The van der Waals surface area contributed by atoms with Crippen LogP contribution in [0.3, 0.4) is 0 Å². The minimum Gasteiger partial charge on any atom is -0.326 e. The molecule has 0 fully saturated rings. The molecule has 0 atom stereocenters. The van der Waals surface area contributed by atoms with Gasteiger partial charge in [-0.15, -0.1) is 0 Å². The number of aromatic nitrogens is 2. The van der Waals surface area contributed by atoms with Crippen molar-refractivity contribution in [3.05, 3.63) is 47.8 Å². The normalized spacial score (nSPS) is 11.4. The Hall–Kier alpha value is -2.31. The van der Waals surface area contributed by atoms with Gasteiger partial charge in [-0.3, -0.25) is 9.48 Å². The number of halogens is 3. The number of rotatable bonds is 4. The molecule has 1 N–H and O–H groups in total. The summed E-state index contributed by atoms with van der Waals surface area (Å²) in [5.41, 5.74) is 0.183. The highest BCUT2D eigenvalue weighted by Crippen LogP contribution is 2.30. The van der Waals surface area contributed by atoms with Crippen LogP contribution in [0.2, 0.25) is 0 Å². The number of carbonyl (C=O) groups is 1. The average molecular weight is 297 g/mol. The van der Waals surface area contributed by atoms with Gasteiger partial charge in [0.15, 0.2) is 0 Å². The first-order chi connectivity index (χ1) is 9.84. The largest absolute Gasteiger partial charge is 0.416 e. The first-order valence-corrected chi connectivity index (χ1v) is 6.32. The molecule has 1 amide bonds. The SMILES string of the molecule is Cc1ccn(CCC(=O)Nc2cccc(C(F)(F)F)c2)n1. The van der Waals surface area contributed by atoms with Crippen LogP contribution in [-0.4, -0.2) is 15.7 Å². The second kappa shape index (κ2) is 5.99. The van der Waals surface area contributed by atoms with E-state index >= 15 is 0 Å². The van der Waals surface area contributed by atoms with Gasteiger partial charge in [-0.25, -0.2) is 0 Å². The molecule has 21 heavy (non-hydrogen) atoms. The van der Waals surface area contributed by atoms with Crippen LogP contribution >= 0.6 is 0 Å². The summed E-state index contributed by atoms with van der Waals surface area (Å²) in [6, 6.07) is 6.36. The topological polar surface area (TPSA) is 46.9 Å². The Kier molecular flexibility index (Phi) is 4.30. The minimum absolute atomic E-state index is 0.131. The zero-order valence-corrected chi connectivity index (χ0v) is 11.3. The van der Waals surface area contributed by atoms with Crippen LogP contribution in [-0.2, 0) is 17.5 Å². The van der Waals surface area contributed by atoms with Gasteiger partial charge < -0.3 is 5.32 Å². The number of carbonyl (C=O) groups excluding carboxylic acids is 1. The van der Waals surface area contributed by atoms with Crippen molar-refractivity contribution in [1.82, 2.24) is 9.78 Å². The number of benzene rings is 1. The van der Waals surface area contributed by atoms with Gasteiger partial charge in [-0.2, -0.15) is 18.3 Å². The molecule has 0 spiro atoms. The molecule has 1 aromatic carbocycles. The van der Waals surface area contributed by atoms with Crippen molar-refractivity contribution in [1.29, 1.82) is 0 Å². The maximum absolute atomic E-state index is 12.6. The molecule has 4 nitrogen and oxygen atoms in total. The van der Waals surface area contributed by atoms with Gasteiger partial charge in [-0.05, 0) is 31.2 Å². The zero-order valence-electron chi connectivity index (χ0n) is 11.3. The van der Waals surface area contributed by atoms with Crippen molar-refractivity contribution >= 4 is 11.6 Å². The van der Waals surface area contributed by atoms with Crippen LogP contribution in [0.4, 0.5) is 18.9 Å². The third-order valence-electron chi connectivity index (χ3n) is 2.82. The molecule has 2 rings (SSSR count). The number of alkyl halides is 3. The van der Waals surface area contributed by atoms with Gasteiger partial charge in [-0.1, -0.05) is 6.07 Å². The van der Waals surface area contributed by atoms with E-state index in [4.69, 9.17) is 0 Å². The van der Waals surface area contributed by atoms with Crippen LogP contribution < -0.4 is 5.32 Å². The van der Waals surface area contributed by atoms with E-state index in [1.165, 1.54) is 12.1 Å². The molecule has 1 heterocycles. The second-order valence-electron chi connectivity index (χ2n) is 4.60. The summed E-state index contributed by atoms with van der Waals surface area (Å²) in [6.07, 6.45) is -2.54. The predicted molar refractivity (Wildman–Crippen MR) is 71.7 cm³/mol. The standard InChI is InChI=1S/C14H14F3N3O/c1-10-5-7-20(19-10)8-6-13(21)18-12-4-2-3-11(9-12)14(15,16)17/h2-5,7,9H,6,8H2,1H3,(H,18,21). The van der Waals surface area contributed by atoms with E-state index in [1.807, 2.05) is 13.0 Å². The number of nitrogens with one attached hydrogen (secondary N) is 1. The van der Waals surface area contributed by atoms with E-state index in [9.17, 15) is 18.0 Å². The van der Waals surface area contributed by atoms with Gasteiger partial charge in [0, 0.05) is 24.8 Å². The van der Waals surface area contributed by atoms with Gasteiger partial charge in [0.1, 0.15) is 0 Å². The first-order valence-electron chi connectivity index (χ1n) is 6.32. The molecule has 1 aromatic heterocycles. The number of hydrogen-bond acceptors (Lipinski definition) is 2. The molecule has 0 aliphatic heterocycles. The van der Waals surface area contributed by atoms with Gasteiger partial charge >= 0.3 is 6.18 Å². The monoisotopic (exact) mass is 297 g/mol. The Bertz CT molecular complexity index is 634. The molecule has 7 heteroatoms. The van der Waals surface area contributed by atoms with Crippen molar-refractivity contribution in [2.24, 2.45) is 0 Å². The third kappa shape index (κ3) is 4.34. The molecule has 0 saturated heterocycles. The molecule has 2 aromatic rings. The Morgan fingerprint density at radius 1 is 1.33 bits per heavy atom. The molecular formula is C14H14F3N3O. The third-order valence-corrected chi connectivity index (χ3v) is 2.82. The summed E-state index contributed by atoms with van der Waals surface area (Å²) in [5.74, 6) is -0.359. The number of aryl methyl sites for hydroxylation is 2. The predicted octanol–water partition coefficient (Wildman–Crippen LogP) is 3.24. The quantitative estimate of drug-likeness (QED) is 0.941. The number of nitrogens with zero attached hydrogens (tertiary/aromatic N) is 2. The van der Waals surface area contributed by atoms with E-state index in [0.29, 0.717) is 6.54 Å². The molecule has 0 unspecified atom stereocenters. The lowest BCUT2D eigenvalue weighted by Crippen LogP contribution is -2.15. The van der Waals surface area contributed by atoms with E-state index in [2.05, 4.69) is 10.4 Å². The summed E-state index contributed by atoms with van der Waals surface area (Å²) < 4.78 is 39.3. The Morgan fingerprint density at radius 3 is 2.71 bits per heavy atom. The molecule has 0 saturated carbocycles. The van der Waals surface area contributed by atoms with Crippen LogP contribution in [0.25, 0.3) is 0 Å². The van der Waals surface area contributed by atoms with E-state index in [-0.39, 0.29) is 18.0 Å². The van der Waals surface area contributed by atoms with Crippen molar-refractivity contribution in [2.75, 3.05) is 5.32 Å². The smallest absolute Gasteiger partial charge is 0.326 e. The Labute approximate surface area is 119 Å². The maximum atomic E-state index is 12.6. The summed E-state index contributed by atoms with van der Waals surface area (Å²) >= 11 is 0. The fourth-order valence-corrected chi connectivity index (χ4v) is 1.80. The van der Waals surface area contributed by atoms with E-state index < -0.39 is 11.7 Å². The van der Waals surface area contributed by atoms with Crippen molar-refractivity contribution < 1.29 is 18.0 Å². The molecule has 112 valence electrons. The highest BCUT2D eigenvalue weighted by atomic mass is 19.4. The van der Waals surface area contributed by atoms with Gasteiger partial charge in [0.2, 0.25) is 5.91 Å². The van der Waals surface area contributed by atoms with Crippen LogP contribution in [0.5, 0.6) is 0 Å². The first kappa shape index (κ1) is 15.1. The highest BCUT2D eigenvalue weighted by molar-refractivity contribution is 5.90. The number of anilines is 1. The summed E-state index contributed by atoms with van der Waals surface area (Å²) in [4.78, 5) is 11.7. The van der Waals surface area contributed by atoms with Crippen molar-refractivity contribution in [2.45, 2.75) is 26.1 Å². The zero-order chi connectivity index (χ0) is 15.5. The van der Waals surface area contributed by atoms with Crippen molar-refractivity contribution in [3.63, 3.8) is 0 Å². The maximum Gasteiger partial charge on any atom is 0.416 e. The Morgan fingerprint density at radius 2 is 2.10 bits per heavy atom. The van der Waals surface area contributed by atoms with Gasteiger partial charge in [0.25, 0.3) is 0 Å². The second-order valence-corrected chi connectivity index (χ2v) is 4.60. The van der Waals surface area contributed by atoms with E-state index in [0.717, 1.165) is 17.8 Å².